The minimum atomic E-state index is -1.05. The molecular formula is C23H33ClN6O3S. The van der Waals surface area contributed by atoms with Crippen LogP contribution in [0.15, 0.2) is 34.3 Å². The van der Waals surface area contributed by atoms with E-state index in [2.05, 4.69) is 44.6 Å². The van der Waals surface area contributed by atoms with Gasteiger partial charge < -0.3 is 19.3 Å². The van der Waals surface area contributed by atoms with Gasteiger partial charge in [0.05, 0.1) is 17.9 Å². The van der Waals surface area contributed by atoms with Crippen molar-refractivity contribution >= 4 is 40.1 Å². The molecule has 1 unspecified atom stereocenters. The van der Waals surface area contributed by atoms with E-state index in [0.717, 1.165) is 48.8 Å². The molecule has 0 saturated carbocycles. The standard InChI is InChI=1S/C23H33ClN6O3S/c1-4-9-25-21-16-22(27-23(26-21)33-13-11-30(5-2)10-12-32-3)29-28-19-8-14-34(31)20-7-6-17(24)15-18(19)20/h6-7,15-16H,4-5,8-14H2,1-3H3,(H2,25,26,27,29)/b28-19+. The smallest absolute Gasteiger partial charge is 0.320 e. The first-order valence-electron chi connectivity index (χ1n) is 11.5. The molecule has 11 heteroatoms. The number of nitrogens with one attached hydrogen (secondary N) is 2. The fraction of sp³-hybridized carbons (Fsp3) is 0.522. The van der Waals surface area contributed by atoms with Crippen molar-refractivity contribution in [2.45, 2.75) is 31.6 Å². The second-order valence-corrected chi connectivity index (χ2v) is 9.71. The number of fused-ring (bicyclic) bond motifs is 1. The number of likely N-dealkylation sites (N-methyl/N-ethyl adjacent to an activating group) is 1. The molecule has 0 bridgehead atoms. The lowest BCUT2D eigenvalue weighted by Crippen LogP contribution is -2.31. The van der Waals surface area contributed by atoms with Crippen molar-refractivity contribution in [2.75, 3.05) is 63.0 Å². The Morgan fingerprint density at radius 2 is 1.97 bits per heavy atom. The number of aromatic nitrogens is 2. The molecule has 0 saturated heterocycles. The summed E-state index contributed by atoms with van der Waals surface area (Å²) in [5, 5.41) is 8.43. The fourth-order valence-electron chi connectivity index (χ4n) is 3.41. The number of methoxy groups -OCH3 is 1. The number of hydrogen-bond acceptors (Lipinski definition) is 9. The molecule has 0 aliphatic carbocycles. The molecule has 0 fully saturated rings. The quantitative estimate of drug-likeness (QED) is 0.312. The summed E-state index contributed by atoms with van der Waals surface area (Å²) < 4.78 is 23.4. The molecule has 2 N–H and O–H groups in total. The Hall–Kier alpha value is -2.11. The van der Waals surface area contributed by atoms with Crippen LogP contribution in [0.3, 0.4) is 0 Å². The van der Waals surface area contributed by atoms with Gasteiger partial charge in [0.25, 0.3) is 0 Å². The maximum Gasteiger partial charge on any atom is 0.320 e. The van der Waals surface area contributed by atoms with Gasteiger partial charge >= 0.3 is 6.01 Å². The average molecular weight is 509 g/mol. The first kappa shape index (κ1) is 26.5. The van der Waals surface area contributed by atoms with Crippen LogP contribution >= 0.6 is 11.6 Å². The molecule has 9 nitrogen and oxygen atoms in total. The van der Waals surface area contributed by atoms with Crippen LogP contribution in [-0.2, 0) is 15.9 Å². The van der Waals surface area contributed by atoms with Crippen LogP contribution in [0.5, 0.6) is 6.01 Å². The Kier molecular flexibility index (Phi) is 10.7. The van der Waals surface area contributed by atoms with Crippen molar-refractivity contribution in [3.8, 4) is 6.01 Å². The monoisotopic (exact) mass is 508 g/mol. The second-order valence-electron chi connectivity index (χ2n) is 7.73. The lowest BCUT2D eigenvalue weighted by atomic mass is 10.1. The molecule has 0 spiro atoms. The molecular weight excluding hydrogens is 476 g/mol. The van der Waals surface area contributed by atoms with Crippen molar-refractivity contribution in [1.82, 2.24) is 14.9 Å². The van der Waals surface area contributed by atoms with Crippen LogP contribution in [-0.4, -0.2) is 77.4 Å². The summed E-state index contributed by atoms with van der Waals surface area (Å²) in [7, 11) is 1.70. The van der Waals surface area contributed by atoms with Gasteiger partial charge in [-0.25, -0.2) is 0 Å². The van der Waals surface area contributed by atoms with Crippen molar-refractivity contribution in [3.05, 3.63) is 34.9 Å². The normalized spacial score (nSPS) is 16.5. The molecule has 1 aliphatic heterocycles. The van der Waals surface area contributed by atoms with Gasteiger partial charge in [0.1, 0.15) is 18.2 Å². The summed E-state index contributed by atoms with van der Waals surface area (Å²) in [4.78, 5) is 11.9. The number of rotatable bonds is 13. The van der Waals surface area contributed by atoms with Gasteiger partial charge in [-0.1, -0.05) is 25.4 Å². The third-order valence-electron chi connectivity index (χ3n) is 5.29. The van der Waals surface area contributed by atoms with Crippen molar-refractivity contribution in [1.29, 1.82) is 0 Å². The SMILES string of the molecule is CCCNc1cc(N/N=C2\CC[S+]([O-])c3ccc(Cl)cc32)nc(OCCN(CC)CCOC)n1. The van der Waals surface area contributed by atoms with Crippen LogP contribution in [0, 0.1) is 0 Å². The van der Waals surface area contributed by atoms with Crippen LogP contribution in [0.25, 0.3) is 0 Å². The van der Waals surface area contributed by atoms with E-state index in [1.807, 2.05) is 0 Å². The number of hydrogen-bond donors (Lipinski definition) is 2. The van der Waals surface area contributed by atoms with Gasteiger partial charge in [-0.15, -0.1) is 0 Å². The highest BCUT2D eigenvalue weighted by Gasteiger charge is 2.26. The molecule has 1 atom stereocenters. The maximum atomic E-state index is 12.4. The zero-order chi connectivity index (χ0) is 24.3. The number of hydrazone groups is 1. The van der Waals surface area contributed by atoms with E-state index in [9.17, 15) is 4.55 Å². The van der Waals surface area contributed by atoms with Crippen molar-refractivity contribution < 1.29 is 14.0 Å². The van der Waals surface area contributed by atoms with Gasteiger partial charge in [0.2, 0.25) is 0 Å². The summed E-state index contributed by atoms with van der Waals surface area (Å²) in [5.74, 6) is 1.70. The highest BCUT2D eigenvalue weighted by atomic mass is 35.5. The summed E-state index contributed by atoms with van der Waals surface area (Å²) in [6, 6.07) is 7.44. The first-order valence-corrected chi connectivity index (χ1v) is 13.2. The summed E-state index contributed by atoms with van der Waals surface area (Å²) in [6.45, 7) is 8.61. The predicted octanol–water partition coefficient (Wildman–Crippen LogP) is 3.63. The number of ether oxygens (including phenoxy) is 2. The summed E-state index contributed by atoms with van der Waals surface area (Å²) >= 11 is 5.13. The predicted molar refractivity (Wildman–Crippen MR) is 138 cm³/mol. The maximum absolute atomic E-state index is 12.4. The largest absolute Gasteiger partial charge is 0.611 e. The third kappa shape index (κ3) is 7.71. The fourth-order valence-corrected chi connectivity index (χ4v) is 4.82. The Balaban J connectivity index is 1.73. The van der Waals surface area contributed by atoms with Crippen molar-refractivity contribution in [3.63, 3.8) is 0 Å². The molecule has 34 heavy (non-hydrogen) atoms. The Bertz CT molecular complexity index is 964. The van der Waals surface area contributed by atoms with Gasteiger partial charge in [0, 0.05) is 44.3 Å². The highest BCUT2D eigenvalue weighted by molar-refractivity contribution is 7.91. The van der Waals surface area contributed by atoms with E-state index in [1.165, 1.54) is 0 Å². The third-order valence-corrected chi connectivity index (χ3v) is 6.94. The second kappa shape index (κ2) is 13.7. The molecule has 186 valence electrons. The number of nitrogens with zero attached hydrogens (tertiary/aromatic N) is 4. The Morgan fingerprint density at radius 3 is 2.74 bits per heavy atom. The van der Waals surface area contributed by atoms with Crippen LogP contribution in [0.4, 0.5) is 11.6 Å². The lowest BCUT2D eigenvalue weighted by Gasteiger charge is -2.21. The summed E-state index contributed by atoms with van der Waals surface area (Å²) in [6.07, 6.45) is 1.54. The molecule has 2 heterocycles. The van der Waals surface area contributed by atoms with E-state index < -0.39 is 11.2 Å². The molecule has 1 aromatic heterocycles. The lowest BCUT2D eigenvalue weighted by molar-refractivity contribution is 0.136. The van der Waals surface area contributed by atoms with Gasteiger partial charge in [-0.3, -0.25) is 10.3 Å². The number of benzene rings is 1. The minimum Gasteiger partial charge on any atom is -0.611 e. The minimum absolute atomic E-state index is 0.278. The highest BCUT2D eigenvalue weighted by Crippen LogP contribution is 2.28. The van der Waals surface area contributed by atoms with Crippen LogP contribution in [0.2, 0.25) is 5.02 Å². The van der Waals surface area contributed by atoms with Gasteiger partial charge in [-0.05, 0) is 42.3 Å². The molecule has 3 rings (SSSR count). The average Bonchev–Trinajstić information content (AvgIpc) is 2.84. The zero-order valence-corrected chi connectivity index (χ0v) is 21.5. The molecule has 0 amide bonds. The van der Waals surface area contributed by atoms with Crippen LogP contribution in [0.1, 0.15) is 32.3 Å². The zero-order valence-electron chi connectivity index (χ0n) is 20.0. The summed E-state index contributed by atoms with van der Waals surface area (Å²) in [5.41, 5.74) is 4.62. The van der Waals surface area contributed by atoms with E-state index in [0.29, 0.717) is 42.0 Å². The Morgan fingerprint density at radius 1 is 1.18 bits per heavy atom. The van der Waals surface area contributed by atoms with E-state index in [-0.39, 0.29) is 6.01 Å². The molecule has 0 radical (unpaired) electrons. The van der Waals surface area contributed by atoms with E-state index in [1.54, 1.807) is 31.4 Å². The van der Waals surface area contributed by atoms with Crippen LogP contribution < -0.4 is 15.5 Å². The number of anilines is 2. The van der Waals surface area contributed by atoms with E-state index >= 15 is 0 Å². The number of halogens is 1. The molecule has 1 aliphatic rings. The van der Waals surface area contributed by atoms with E-state index in [4.69, 9.17) is 21.1 Å². The van der Waals surface area contributed by atoms with Gasteiger partial charge in [-0.2, -0.15) is 15.1 Å². The molecule has 1 aromatic carbocycles. The van der Waals surface area contributed by atoms with Crippen molar-refractivity contribution in [2.24, 2.45) is 5.10 Å². The van der Waals surface area contributed by atoms with Gasteiger partial charge in [0.15, 0.2) is 10.7 Å². The first-order chi connectivity index (χ1) is 16.5. The topological polar surface area (TPSA) is 107 Å². The Labute approximate surface area is 209 Å². The molecule has 2 aromatic rings.